The first-order valence-corrected chi connectivity index (χ1v) is 13.6. The molecule has 1 aliphatic carbocycles. The smallest absolute Gasteiger partial charge is 0.271 e. The molecule has 2 aromatic rings. The van der Waals surface area contributed by atoms with Crippen molar-refractivity contribution in [2.24, 2.45) is 0 Å². The molecule has 2 aliphatic heterocycles. The van der Waals surface area contributed by atoms with Crippen LogP contribution in [0.15, 0.2) is 34.9 Å². The van der Waals surface area contributed by atoms with Gasteiger partial charge in [-0.3, -0.25) is 9.59 Å². The van der Waals surface area contributed by atoms with Gasteiger partial charge in [-0.1, -0.05) is 26.2 Å². The van der Waals surface area contributed by atoms with E-state index in [1.165, 1.54) is 25.7 Å². The molecule has 2 fully saturated rings. The topological polar surface area (TPSA) is 70.7 Å². The number of nitrogens with one attached hydrogen (secondary N) is 1. The van der Waals surface area contributed by atoms with Crippen LogP contribution in [-0.4, -0.2) is 63.4 Å². The van der Waals surface area contributed by atoms with Crippen LogP contribution < -0.4 is 5.32 Å². The van der Waals surface area contributed by atoms with Gasteiger partial charge < -0.3 is 24.1 Å². The summed E-state index contributed by atoms with van der Waals surface area (Å²) in [5.74, 6) is 0.613. The van der Waals surface area contributed by atoms with Crippen molar-refractivity contribution in [3.8, 4) is 11.5 Å². The number of rotatable bonds is 8. The van der Waals surface area contributed by atoms with E-state index in [-0.39, 0.29) is 17.9 Å². The standard InChI is InChI=1S/C28H40N4O3/c1-3-22-12-6-7-16-30(22)17-9-18-32-26(33)24-15-14-23(25-13-8-19-35-25)31(24)20-28(32,2)27(34)29-21-10-4-5-11-21/h8,13-15,19,21-22H,3-7,9-12,16-18,20H2,1-2H3,(H,29,34). The number of furan rings is 1. The molecule has 2 atom stereocenters. The molecule has 2 aromatic heterocycles. The molecule has 35 heavy (non-hydrogen) atoms. The number of hydrogen-bond acceptors (Lipinski definition) is 4. The number of amides is 2. The number of hydrogen-bond donors (Lipinski definition) is 1. The average molecular weight is 481 g/mol. The lowest BCUT2D eigenvalue weighted by Gasteiger charge is -2.45. The van der Waals surface area contributed by atoms with Crippen LogP contribution in [0, 0.1) is 0 Å². The van der Waals surface area contributed by atoms with Gasteiger partial charge in [0.1, 0.15) is 17.0 Å². The summed E-state index contributed by atoms with van der Waals surface area (Å²) in [5, 5.41) is 3.29. The highest BCUT2D eigenvalue weighted by Crippen LogP contribution is 2.34. The van der Waals surface area contributed by atoms with Crippen LogP contribution in [0.2, 0.25) is 0 Å². The maximum Gasteiger partial charge on any atom is 0.271 e. The Balaban J connectivity index is 1.39. The third-order valence-corrected chi connectivity index (χ3v) is 8.51. The number of aromatic nitrogens is 1. The molecule has 0 spiro atoms. The fourth-order valence-corrected chi connectivity index (χ4v) is 6.42. The molecule has 0 bridgehead atoms. The lowest BCUT2D eigenvalue weighted by molar-refractivity contribution is -0.133. The first kappa shape index (κ1) is 24.2. The molecule has 0 aromatic carbocycles. The van der Waals surface area contributed by atoms with E-state index in [0.717, 1.165) is 50.9 Å². The monoisotopic (exact) mass is 480 g/mol. The second-order valence-corrected chi connectivity index (χ2v) is 10.8. The number of carbonyl (C=O) groups excluding carboxylic acids is 2. The first-order chi connectivity index (χ1) is 17.0. The molecule has 1 N–H and O–H groups in total. The summed E-state index contributed by atoms with van der Waals surface area (Å²) >= 11 is 0. The minimum absolute atomic E-state index is 0.0353. The van der Waals surface area contributed by atoms with Crippen LogP contribution in [-0.2, 0) is 11.3 Å². The van der Waals surface area contributed by atoms with Crippen molar-refractivity contribution in [3.63, 3.8) is 0 Å². The summed E-state index contributed by atoms with van der Waals surface area (Å²) < 4.78 is 7.62. The third-order valence-electron chi connectivity index (χ3n) is 8.51. The summed E-state index contributed by atoms with van der Waals surface area (Å²) in [5.41, 5.74) is 0.531. The highest BCUT2D eigenvalue weighted by Gasteiger charge is 2.48. The largest absolute Gasteiger partial charge is 0.463 e. The van der Waals surface area contributed by atoms with Gasteiger partial charge in [-0.2, -0.15) is 0 Å². The van der Waals surface area contributed by atoms with Crippen LogP contribution in [0.4, 0.5) is 0 Å². The molecule has 7 heteroatoms. The summed E-state index contributed by atoms with van der Waals surface area (Å²) in [7, 11) is 0. The summed E-state index contributed by atoms with van der Waals surface area (Å²) in [6, 6.07) is 8.42. The maximum atomic E-state index is 13.8. The van der Waals surface area contributed by atoms with Crippen molar-refractivity contribution in [2.45, 2.75) is 95.8 Å². The zero-order valence-electron chi connectivity index (χ0n) is 21.3. The Morgan fingerprint density at radius 3 is 2.60 bits per heavy atom. The van der Waals surface area contributed by atoms with E-state index in [4.69, 9.17) is 4.42 Å². The highest BCUT2D eigenvalue weighted by atomic mass is 16.3. The van der Waals surface area contributed by atoms with Gasteiger partial charge in [-0.25, -0.2) is 0 Å². The van der Waals surface area contributed by atoms with E-state index >= 15 is 0 Å². The van der Waals surface area contributed by atoms with Crippen LogP contribution >= 0.6 is 0 Å². The summed E-state index contributed by atoms with van der Waals surface area (Å²) in [6.07, 6.45) is 11.9. The predicted molar refractivity (Wildman–Crippen MR) is 136 cm³/mol. The lowest BCUT2D eigenvalue weighted by Crippen LogP contribution is -2.65. The normalized spacial score (nSPS) is 25.7. The van der Waals surface area contributed by atoms with Gasteiger partial charge in [0.05, 0.1) is 18.5 Å². The van der Waals surface area contributed by atoms with Crippen molar-refractivity contribution in [1.82, 2.24) is 19.7 Å². The Labute approximate surface area is 208 Å². The van der Waals surface area contributed by atoms with E-state index in [0.29, 0.717) is 30.6 Å². The van der Waals surface area contributed by atoms with Crippen LogP contribution in [0.1, 0.15) is 82.1 Å². The van der Waals surface area contributed by atoms with Gasteiger partial charge in [-0.05, 0) is 76.3 Å². The van der Waals surface area contributed by atoms with Gasteiger partial charge in [0.2, 0.25) is 5.91 Å². The fraction of sp³-hybridized carbons (Fsp3) is 0.643. The van der Waals surface area contributed by atoms with Crippen molar-refractivity contribution in [2.75, 3.05) is 19.6 Å². The molecule has 0 radical (unpaired) electrons. The van der Waals surface area contributed by atoms with Gasteiger partial charge in [-0.15, -0.1) is 0 Å². The Bertz CT molecular complexity index is 1020. The van der Waals surface area contributed by atoms with E-state index in [1.807, 2.05) is 40.7 Å². The lowest BCUT2D eigenvalue weighted by atomic mass is 9.93. The molecule has 1 saturated carbocycles. The Kier molecular flexibility index (Phi) is 7.05. The number of fused-ring (bicyclic) bond motifs is 1. The molecule has 4 heterocycles. The van der Waals surface area contributed by atoms with Crippen LogP contribution in [0.3, 0.4) is 0 Å². The molecule has 5 rings (SSSR count). The minimum Gasteiger partial charge on any atom is -0.463 e. The summed E-state index contributed by atoms with van der Waals surface area (Å²) in [6.45, 7) is 7.34. The first-order valence-electron chi connectivity index (χ1n) is 13.6. The number of carbonyl (C=O) groups is 2. The van der Waals surface area contributed by atoms with Crippen LogP contribution in [0.25, 0.3) is 11.5 Å². The Morgan fingerprint density at radius 2 is 1.86 bits per heavy atom. The number of piperidine rings is 1. The molecule has 190 valence electrons. The minimum atomic E-state index is -0.945. The van der Waals surface area contributed by atoms with Gasteiger partial charge >= 0.3 is 0 Å². The number of likely N-dealkylation sites (tertiary alicyclic amines) is 1. The van der Waals surface area contributed by atoms with Crippen molar-refractivity contribution in [1.29, 1.82) is 0 Å². The Hall–Kier alpha value is -2.54. The van der Waals surface area contributed by atoms with Crippen LogP contribution in [0.5, 0.6) is 0 Å². The molecule has 7 nitrogen and oxygen atoms in total. The predicted octanol–water partition coefficient (Wildman–Crippen LogP) is 4.68. The number of nitrogens with zero attached hydrogens (tertiary/aromatic N) is 3. The Morgan fingerprint density at radius 1 is 1.09 bits per heavy atom. The van der Waals surface area contributed by atoms with E-state index in [2.05, 4.69) is 17.1 Å². The molecule has 2 unspecified atom stereocenters. The second-order valence-electron chi connectivity index (χ2n) is 10.8. The third kappa shape index (κ3) is 4.67. The van der Waals surface area contributed by atoms with Crippen molar-refractivity contribution in [3.05, 3.63) is 36.2 Å². The van der Waals surface area contributed by atoms with Gasteiger partial charge in [0.15, 0.2) is 0 Å². The molecule has 1 saturated heterocycles. The average Bonchev–Trinajstić information content (AvgIpc) is 3.63. The molecular formula is C28H40N4O3. The SMILES string of the molecule is CCC1CCCCN1CCCN1C(=O)c2ccc(-c3ccco3)n2CC1(C)C(=O)NC1CCCC1. The van der Waals surface area contributed by atoms with Crippen molar-refractivity contribution < 1.29 is 14.0 Å². The van der Waals surface area contributed by atoms with E-state index in [1.54, 1.807) is 6.26 Å². The maximum absolute atomic E-state index is 13.8. The van der Waals surface area contributed by atoms with Crippen molar-refractivity contribution >= 4 is 11.8 Å². The summed E-state index contributed by atoms with van der Waals surface area (Å²) in [4.78, 5) is 32.1. The van der Waals surface area contributed by atoms with Gasteiger partial charge in [0, 0.05) is 25.2 Å². The molecular weight excluding hydrogens is 440 g/mol. The highest BCUT2D eigenvalue weighted by molar-refractivity contribution is 6.00. The van der Waals surface area contributed by atoms with E-state index < -0.39 is 5.54 Å². The fourth-order valence-electron chi connectivity index (χ4n) is 6.42. The quantitative estimate of drug-likeness (QED) is 0.596. The second kappa shape index (κ2) is 10.2. The zero-order valence-corrected chi connectivity index (χ0v) is 21.3. The molecule has 2 amide bonds. The molecule has 3 aliphatic rings. The van der Waals surface area contributed by atoms with Gasteiger partial charge in [0.25, 0.3) is 5.91 Å². The zero-order chi connectivity index (χ0) is 24.4. The van der Waals surface area contributed by atoms with E-state index in [9.17, 15) is 9.59 Å².